The van der Waals surface area contributed by atoms with Gasteiger partial charge in [0.1, 0.15) is 0 Å². The molecule has 0 radical (unpaired) electrons. The molecule has 0 aromatic carbocycles. The van der Waals surface area contributed by atoms with Crippen molar-refractivity contribution in [1.29, 1.82) is 0 Å². The average molecular weight is 627 g/mol. The van der Waals surface area contributed by atoms with Crippen LogP contribution in [0.25, 0.3) is 0 Å². The standard InChI is InChI=1S/C43H80.C2H6/c1-13-15-16-17-18-19-34-21-22-35(26-34)36-23-20-30(5)40-31(6)24-25-42(11)33(8)39(29(3)4)32(7)38(14-2)43(42,12)28-41(9,10)27-37(36)40;1-2/h29-40H,13-28H2,1-12H3;1-2H3. The third-order valence-electron chi connectivity index (χ3n) is 16.1. The summed E-state index contributed by atoms with van der Waals surface area (Å²) in [5.41, 5.74) is 1.27. The normalized spacial score (nSPS) is 45.3. The van der Waals surface area contributed by atoms with Gasteiger partial charge in [-0.05, 0) is 132 Å². The zero-order valence-corrected chi connectivity index (χ0v) is 33.7. The van der Waals surface area contributed by atoms with Crippen LogP contribution in [0.5, 0.6) is 0 Å². The third kappa shape index (κ3) is 8.25. The Hall–Kier alpha value is 0. The molecule has 4 fully saturated rings. The van der Waals surface area contributed by atoms with E-state index in [1.54, 1.807) is 19.3 Å². The lowest BCUT2D eigenvalue weighted by Crippen LogP contribution is -2.60. The van der Waals surface area contributed by atoms with E-state index in [1.807, 2.05) is 13.8 Å². The van der Waals surface area contributed by atoms with Gasteiger partial charge in [0.25, 0.3) is 0 Å². The molecule has 0 aliphatic heterocycles. The van der Waals surface area contributed by atoms with E-state index >= 15 is 0 Å². The first-order valence-corrected chi connectivity index (χ1v) is 21.2. The molecule has 0 amide bonds. The molecule has 0 spiro atoms. The SMILES string of the molecule is CC.CCCCCCCC1CCC(C2CCC(C)C3C(C)CCC4(C)C(C)C(C(C)C)C(C)C(CC)C4(C)CC(C)(C)CC23)C1. The molecule has 13 atom stereocenters. The summed E-state index contributed by atoms with van der Waals surface area (Å²) < 4.78 is 0. The average Bonchev–Trinajstić information content (AvgIpc) is 3.44. The van der Waals surface area contributed by atoms with Crippen molar-refractivity contribution in [3.8, 4) is 0 Å². The number of hydrogen-bond donors (Lipinski definition) is 0. The van der Waals surface area contributed by atoms with Crippen LogP contribution in [0.15, 0.2) is 0 Å². The lowest BCUT2D eigenvalue weighted by molar-refractivity contribution is -0.179. The van der Waals surface area contributed by atoms with E-state index in [-0.39, 0.29) is 0 Å². The number of fused-ring (bicyclic) bond motifs is 2. The maximum Gasteiger partial charge on any atom is -0.0233 e. The van der Waals surface area contributed by atoms with Crippen molar-refractivity contribution in [3.05, 3.63) is 0 Å². The number of hydrogen-bond acceptors (Lipinski definition) is 0. The van der Waals surface area contributed by atoms with Crippen molar-refractivity contribution in [3.63, 3.8) is 0 Å². The van der Waals surface area contributed by atoms with E-state index in [9.17, 15) is 0 Å². The van der Waals surface area contributed by atoms with Crippen LogP contribution in [0.2, 0.25) is 0 Å². The minimum atomic E-state index is 0.417. The molecule has 45 heavy (non-hydrogen) atoms. The van der Waals surface area contributed by atoms with Crippen LogP contribution in [0.4, 0.5) is 0 Å². The van der Waals surface area contributed by atoms with E-state index < -0.39 is 0 Å². The second-order valence-corrected chi connectivity index (χ2v) is 19.5. The van der Waals surface area contributed by atoms with Crippen LogP contribution in [0.3, 0.4) is 0 Å². The Morgan fingerprint density at radius 3 is 1.98 bits per heavy atom. The first kappa shape index (κ1) is 39.4. The summed E-state index contributed by atoms with van der Waals surface area (Å²) in [6.45, 7) is 35.9. The second kappa shape index (κ2) is 16.6. The molecule has 13 unspecified atom stereocenters. The molecule has 0 saturated heterocycles. The van der Waals surface area contributed by atoms with Crippen molar-refractivity contribution in [1.82, 2.24) is 0 Å². The maximum atomic E-state index is 2.82. The molecule has 0 aromatic heterocycles. The van der Waals surface area contributed by atoms with Gasteiger partial charge in [0.2, 0.25) is 0 Å². The van der Waals surface area contributed by atoms with Crippen molar-refractivity contribution in [2.24, 2.45) is 87.3 Å². The molecule has 4 saturated carbocycles. The van der Waals surface area contributed by atoms with Crippen molar-refractivity contribution >= 4 is 0 Å². The Bertz CT molecular complexity index is 852. The summed E-state index contributed by atoms with van der Waals surface area (Å²) in [7, 11) is 0. The zero-order valence-electron chi connectivity index (χ0n) is 33.7. The maximum absolute atomic E-state index is 2.82. The van der Waals surface area contributed by atoms with Gasteiger partial charge in [0, 0.05) is 0 Å². The highest BCUT2D eigenvalue weighted by Gasteiger charge is 2.61. The smallest absolute Gasteiger partial charge is 0.0233 e. The van der Waals surface area contributed by atoms with Crippen LogP contribution < -0.4 is 0 Å². The van der Waals surface area contributed by atoms with Gasteiger partial charge in [0.15, 0.2) is 0 Å². The molecule has 4 aliphatic carbocycles. The Balaban J connectivity index is 0.00000271. The second-order valence-electron chi connectivity index (χ2n) is 19.5. The first-order chi connectivity index (χ1) is 21.2. The summed E-state index contributed by atoms with van der Waals surface area (Å²) in [5.74, 6) is 10.9. The van der Waals surface area contributed by atoms with Gasteiger partial charge in [-0.15, -0.1) is 0 Å². The highest BCUT2D eigenvalue weighted by molar-refractivity contribution is 5.10. The molecular weight excluding hydrogens is 540 g/mol. The topological polar surface area (TPSA) is 0 Å². The molecular formula is C45H86. The van der Waals surface area contributed by atoms with Gasteiger partial charge in [-0.25, -0.2) is 0 Å². The van der Waals surface area contributed by atoms with E-state index in [1.165, 1.54) is 83.5 Å². The Morgan fingerprint density at radius 2 is 1.36 bits per heavy atom. The van der Waals surface area contributed by atoms with Crippen LogP contribution in [0, 0.1) is 87.3 Å². The van der Waals surface area contributed by atoms with Gasteiger partial charge in [-0.3, -0.25) is 0 Å². The van der Waals surface area contributed by atoms with Crippen LogP contribution in [0.1, 0.15) is 200 Å². The molecule has 0 N–H and O–H groups in total. The summed E-state index contributed by atoms with van der Waals surface area (Å²) in [6, 6.07) is 0. The lowest BCUT2D eigenvalue weighted by atomic mass is 9.38. The van der Waals surface area contributed by atoms with Crippen molar-refractivity contribution in [2.75, 3.05) is 0 Å². The molecule has 0 nitrogen and oxygen atoms in total. The highest BCUT2D eigenvalue weighted by Crippen LogP contribution is 2.69. The molecule has 0 bridgehead atoms. The van der Waals surface area contributed by atoms with Crippen LogP contribution in [-0.4, -0.2) is 0 Å². The fourth-order valence-corrected chi connectivity index (χ4v) is 14.2. The monoisotopic (exact) mass is 627 g/mol. The van der Waals surface area contributed by atoms with Gasteiger partial charge in [0.05, 0.1) is 0 Å². The van der Waals surface area contributed by atoms with Crippen LogP contribution >= 0.6 is 0 Å². The summed E-state index contributed by atoms with van der Waals surface area (Å²) in [5, 5.41) is 0. The Morgan fingerprint density at radius 1 is 0.711 bits per heavy atom. The lowest BCUT2D eigenvalue weighted by Gasteiger charge is -2.66. The van der Waals surface area contributed by atoms with Crippen LogP contribution in [-0.2, 0) is 0 Å². The van der Waals surface area contributed by atoms with Gasteiger partial charge in [-0.2, -0.15) is 0 Å². The number of unbranched alkanes of at least 4 members (excludes halogenated alkanes) is 4. The van der Waals surface area contributed by atoms with Gasteiger partial charge >= 0.3 is 0 Å². The highest BCUT2D eigenvalue weighted by atomic mass is 14.7. The number of rotatable bonds is 9. The fourth-order valence-electron chi connectivity index (χ4n) is 14.2. The minimum Gasteiger partial charge on any atom is -0.0683 e. The molecule has 4 aliphatic rings. The van der Waals surface area contributed by atoms with E-state index in [0.29, 0.717) is 16.2 Å². The quantitative estimate of drug-likeness (QED) is 0.223. The Labute approximate surface area is 286 Å². The molecule has 266 valence electrons. The summed E-state index contributed by atoms with van der Waals surface area (Å²) >= 11 is 0. The summed E-state index contributed by atoms with van der Waals surface area (Å²) in [6.07, 6.45) is 23.7. The Kier molecular flexibility index (Phi) is 14.6. The predicted molar refractivity (Wildman–Crippen MR) is 202 cm³/mol. The molecule has 0 heterocycles. The van der Waals surface area contributed by atoms with Gasteiger partial charge in [-0.1, -0.05) is 155 Å². The largest absolute Gasteiger partial charge is 0.0683 e. The van der Waals surface area contributed by atoms with Crippen molar-refractivity contribution < 1.29 is 0 Å². The van der Waals surface area contributed by atoms with E-state index in [4.69, 9.17) is 0 Å². The van der Waals surface area contributed by atoms with Gasteiger partial charge < -0.3 is 0 Å². The van der Waals surface area contributed by atoms with E-state index in [0.717, 1.165) is 71.0 Å². The predicted octanol–water partition coefficient (Wildman–Crippen LogP) is 14.9. The molecule has 0 aromatic rings. The molecule has 4 rings (SSSR count). The third-order valence-corrected chi connectivity index (χ3v) is 16.1. The van der Waals surface area contributed by atoms with Crippen molar-refractivity contribution in [2.45, 2.75) is 200 Å². The molecule has 0 heteroatoms. The first-order valence-electron chi connectivity index (χ1n) is 21.2. The zero-order chi connectivity index (χ0) is 33.7. The summed E-state index contributed by atoms with van der Waals surface area (Å²) in [4.78, 5) is 0. The fraction of sp³-hybridized carbons (Fsp3) is 1.00. The minimum absolute atomic E-state index is 0.417. The van der Waals surface area contributed by atoms with E-state index in [2.05, 4.69) is 83.1 Å².